The number of hydrogen-bond acceptors (Lipinski definition) is 4. The quantitative estimate of drug-likeness (QED) is 0.291. The van der Waals surface area contributed by atoms with E-state index >= 15 is 0 Å². The minimum atomic E-state index is -0.284. The Morgan fingerprint density at radius 2 is 1.53 bits per heavy atom. The number of aromatic amines is 1. The standard InChI is InChI=1S/C29H23N5O2/c35-27-10-7-18-3-1-4-20(11-18)21-5-2-6-24(13-21)32-29(36)28-25-14-22(8-9-26(25)33-34-28)23-12-19(16-31-27)15-30-17-23/h1-6,8-9,11-15,17H,7,10,16H2,(H,31,35)(H,32,36)(H,33,34). The fourth-order valence-electron chi connectivity index (χ4n) is 4.53. The lowest BCUT2D eigenvalue weighted by atomic mass is 10.00. The molecule has 0 saturated heterocycles. The molecule has 5 aromatic rings. The number of amides is 2. The third kappa shape index (κ3) is 4.34. The van der Waals surface area contributed by atoms with Crippen LogP contribution in [0, 0.1) is 0 Å². The molecule has 3 aromatic carbocycles. The fraction of sp³-hybridized carbons (Fsp3) is 0.103. The number of pyridine rings is 1. The van der Waals surface area contributed by atoms with Crippen molar-refractivity contribution in [1.29, 1.82) is 0 Å². The number of H-pyrrole nitrogens is 1. The summed E-state index contributed by atoms with van der Waals surface area (Å²) in [6.45, 7) is 0.397. The van der Waals surface area contributed by atoms with Crippen LogP contribution in [0.25, 0.3) is 33.2 Å². The van der Waals surface area contributed by atoms with Crippen molar-refractivity contribution in [3.8, 4) is 22.3 Å². The predicted molar refractivity (Wildman–Crippen MR) is 139 cm³/mol. The summed E-state index contributed by atoms with van der Waals surface area (Å²) in [5.74, 6) is -0.289. The molecule has 7 nitrogen and oxygen atoms in total. The van der Waals surface area contributed by atoms with Crippen LogP contribution in [-0.2, 0) is 17.8 Å². The number of anilines is 1. The summed E-state index contributed by atoms with van der Waals surface area (Å²) in [6, 6.07) is 23.7. The van der Waals surface area contributed by atoms with E-state index in [1.807, 2.05) is 66.7 Å². The Morgan fingerprint density at radius 1 is 0.722 bits per heavy atom. The minimum Gasteiger partial charge on any atom is -0.352 e. The Morgan fingerprint density at radius 3 is 2.44 bits per heavy atom. The van der Waals surface area contributed by atoms with Crippen LogP contribution in [0.15, 0.2) is 85.2 Å². The molecular weight excluding hydrogens is 450 g/mol. The molecule has 0 saturated carbocycles. The van der Waals surface area contributed by atoms with Gasteiger partial charge in [0.1, 0.15) is 0 Å². The molecule has 2 amide bonds. The van der Waals surface area contributed by atoms with Crippen molar-refractivity contribution in [2.24, 2.45) is 0 Å². The Hall–Kier alpha value is -4.78. The minimum absolute atomic E-state index is 0.00521. The Labute approximate surface area is 207 Å². The SMILES string of the molecule is O=C1CCc2cccc(c2)-c2cccc(c2)NC(=O)c2n[nH]c3ccc(cc23)-c2cncc(c2)CN1. The van der Waals surface area contributed by atoms with E-state index in [9.17, 15) is 9.59 Å². The van der Waals surface area contributed by atoms with Crippen LogP contribution in [0.5, 0.6) is 0 Å². The van der Waals surface area contributed by atoms with E-state index in [-0.39, 0.29) is 11.8 Å². The third-order valence-corrected chi connectivity index (χ3v) is 6.42. The number of carbonyl (C=O) groups excluding carboxylic acids is 2. The normalized spacial score (nSPS) is 13.8. The topological polar surface area (TPSA) is 99.8 Å². The van der Waals surface area contributed by atoms with Gasteiger partial charge in [0, 0.05) is 42.0 Å². The second kappa shape index (κ2) is 9.11. The van der Waals surface area contributed by atoms with Gasteiger partial charge in [0.2, 0.25) is 5.91 Å². The summed E-state index contributed by atoms with van der Waals surface area (Å²) >= 11 is 0. The smallest absolute Gasteiger partial charge is 0.276 e. The number of nitrogens with zero attached hydrogens (tertiary/aromatic N) is 2. The molecule has 0 atom stereocenters. The molecule has 7 heteroatoms. The van der Waals surface area contributed by atoms with Gasteiger partial charge in [-0.05, 0) is 64.6 Å². The van der Waals surface area contributed by atoms with Crippen LogP contribution < -0.4 is 10.6 Å². The zero-order valence-corrected chi connectivity index (χ0v) is 19.4. The number of rotatable bonds is 0. The maximum Gasteiger partial charge on any atom is 0.276 e. The molecule has 0 unspecified atom stereocenters. The van der Waals surface area contributed by atoms with E-state index in [1.165, 1.54) is 0 Å². The van der Waals surface area contributed by atoms with Crippen LogP contribution in [0.3, 0.4) is 0 Å². The largest absolute Gasteiger partial charge is 0.352 e. The van der Waals surface area contributed by atoms with Gasteiger partial charge in [0.05, 0.1) is 5.52 Å². The van der Waals surface area contributed by atoms with Crippen molar-refractivity contribution in [3.63, 3.8) is 0 Å². The molecule has 2 aromatic heterocycles. The molecule has 6 rings (SSSR count). The third-order valence-electron chi connectivity index (χ3n) is 6.42. The Bertz CT molecular complexity index is 1620. The van der Waals surface area contributed by atoms with Gasteiger partial charge in [-0.15, -0.1) is 0 Å². The van der Waals surface area contributed by atoms with Gasteiger partial charge in [-0.25, -0.2) is 0 Å². The Balaban J connectivity index is 1.44. The van der Waals surface area contributed by atoms with Crippen LogP contribution in [0.4, 0.5) is 5.69 Å². The van der Waals surface area contributed by atoms with Crippen LogP contribution in [-0.4, -0.2) is 27.0 Å². The molecule has 8 bridgehead atoms. The van der Waals surface area contributed by atoms with Crippen molar-refractivity contribution in [1.82, 2.24) is 20.5 Å². The lowest BCUT2D eigenvalue weighted by Crippen LogP contribution is -2.23. The van der Waals surface area contributed by atoms with E-state index in [1.54, 1.807) is 12.4 Å². The van der Waals surface area contributed by atoms with Crippen molar-refractivity contribution in [2.45, 2.75) is 19.4 Å². The summed E-state index contributed by atoms with van der Waals surface area (Å²) in [4.78, 5) is 30.1. The number of carbonyl (C=O) groups is 2. The summed E-state index contributed by atoms with van der Waals surface area (Å²) in [6.07, 6.45) is 4.56. The van der Waals surface area contributed by atoms with E-state index in [0.717, 1.165) is 44.3 Å². The highest BCUT2D eigenvalue weighted by Gasteiger charge is 2.16. The van der Waals surface area contributed by atoms with E-state index in [4.69, 9.17) is 0 Å². The zero-order chi connectivity index (χ0) is 24.5. The molecule has 36 heavy (non-hydrogen) atoms. The van der Waals surface area contributed by atoms with Gasteiger partial charge in [0.15, 0.2) is 5.69 Å². The number of aromatic nitrogens is 3. The van der Waals surface area contributed by atoms with Crippen LogP contribution in [0.2, 0.25) is 0 Å². The lowest BCUT2D eigenvalue weighted by molar-refractivity contribution is -0.121. The van der Waals surface area contributed by atoms with Gasteiger partial charge in [-0.3, -0.25) is 19.7 Å². The first kappa shape index (κ1) is 21.7. The first-order chi connectivity index (χ1) is 17.6. The average molecular weight is 474 g/mol. The number of nitrogens with one attached hydrogen (secondary N) is 3. The molecule has 3 N–H and O–H groups in total. The van der Waals surface area contributed by atoms with Crippen molar-refractivity contribution >= 4 is 28.4 Å². The van der Waals surface area contributed by atoms with E-state index in [2.05, 4.69) is 31.9 Å². The van der Waals surface area contributed by atoms with Crippen molar-refractivity contribution < 1.29 is 9.59 Å². The maximum absolute atomic E-state index is 13.2. The average Bonchev–Trinajstić information content (AvgIpc) is 3.34. The van der Waals surface area contributed by atoms with Crippen molar-refractivity contribution in [3.05, 3.63) is 102 Å². The number of fused-ring (bicyclic) bond motifs is 9. The molecule has 0 fully saturated rings. The second-order valence-corrected chi connectivity index (χ2v) is 8.93. The van der Waals surface area contributed by atoms with Gasteiger partial charge >= 0.3 is 0 Å². The van der Waals surface area contributed by atoms with Gasteiger partial charge < -0.3 is 10.6 Å². The molecule has 1 aliphatic rings. The number of aryl methyl sites for hydroxylation is 1. The second-order valence-electron chi connectivity index (χ2n) is 8.93. The number of benzene rings is 3. The zero-order valence-electron chi connectivity index (χ0n) is 19.4. The molecular formula is C29H23N5O2. The monoisotopic (exact) mass is 473 g/mol. The van der Waals surface area contributed by atoms with Crippen LogP contribution >= 0.6 is 0 Å². The van der Waals surface area contributed by atoms with Gasteiger partial charge in [0.25, 0.3) is 5.91 Å². The molecule has 176 valence electrons. The van der Waals surface area contributed by atoms with Crippen molar-refractivity contribution in [2.75, 3.05) is 5.32 Å². The van der Waals surface area contributed by atoms with E-state index in [0.29, 0.717) is 30.8 Å². The van der Waals surface area contributed by atoms with Gasteiger partial charge in [-0.1, -0.05) is 42.5 Å². The fourth-order valence-corrected chi connectivity index (χ4v) is 4.53. The Kier molecular flexibility index (Phi) is 5.50. The van der Waals surface area contributed by atoms with E-state index < -0.39 is 0 Å². The number of hydrogen-bond donors (Lipinski definition) is 3. The molecule has 1 aliphatic heterocycles. The lowest BCUT2D eigenvalue weighted by Gasteiger charge is -2.10. The predicted octanol–water partition coefficient (Wildman–Crippen LogP) is 5.11. The molecule has 0 aliphatic carbocycles. The summed E-state index contributed by atoms with van der Waals surface area (Å²) in [5.41, 5.74) is 7.57. The summed E-state index contributed by atoms with van der Waals surface area (Å²) < 4.78 is 0. The molecule has 3 heterocycles. The molecule has 0 radical (unpaired) electrons. The highest BCUT2D eigenvalue weighted by Crippen LogP contribution is 2.28. The van der Waals surface area contributed by atoms with Gasteiger partial charge in [-0.2, -0.15) is 5.10 Å². The van der Waals surface area contributed by atoms with Crippen LogP contribution in [0.1, 0.15) is 28.0 Å². The summed E-state index contributed by atoms with van der Waals surface area (Å²) in [7, 11) is 0. The molecule has 0 spiro atoms. The summed E-state index contributed by atoms with van der Waals surface area (Å²) in [5, 5.41) is 14.0. The maximum atomic E-state index is 13.2. The highest BCUT2D eigenvalue weighted by molar-refractivity contribution is 6.11. The first-order valence-electron chi connectivity index (χ1n) is 11.8. The highest BCUT2D eigenvalue weighted by atomic mass is 16.2. The first-order valence-corrected chi connectivity index (χ1v) is 11.8.